The lowest BCUT2D eigenvalue weighted by Gasteiger charge is -1.94. The van der Waals surface area contributed by atoms with Crippen molar-refractivity contribution < 1.29 is 0 Å². The second-order valence-corrected chi connectivity index (χ2v) is 3.39. The van der Waals surface area contributed by atoms with Gasteiger partial charge in [-0.05, 0) is 36.9 Å². The van der Waals surface area contributed by atoms with Crippen molar-refractivity contribution in [1.29, 1.82) is 0 Å². The molecular formula is C9H13NS. The van der Waals surface area contributed by atoms with Crippen LogP contribution in [0.15, 0.2) is 23.6 Å². The highest BCUT2D eigenvalue weighted by atomic mass is 32.1. The van der Waals surface area contributed by atoms with Crippen LogP contribution in [-0.2, 0) is 0 Å². The molecule has 1 nitrogen and oxygen atoms in total. The molecule has 0 saturated carbocycles. The van der Waals surface area contributed by atoms with Crippen LogP contribution in [0.1, 0.15) is 18.2 Å². The summed E-state index contributed by atoms with van der Waals surface area (Å²) in [5, 5.41) is 2.09. The molecule has 0 bridgehead atoms. The lowest BCUT2D eigenvalue weighted by Crippen LogP contribution is -1.95. The maximum Gasteiger partial charge on any atom is 0.0296 e. The molecule has 0 unspecified atom stereocenters. The van der Waals surface area contributed by atoms with E-state index in [1.54, 1.807) is 11.3 Å². The average Bonchev–Trinajstić information content (AvgIpc) is 2.52. The van der Waals surface area contributed by atoms with Gasteiger partial charge in [-0.15, -0.1) is 11.3 Å². The maximum absolute atomic E-state index is 5.39. The molecule has 0 aliphatic heterocycles. The minimum Gasteiger partial charge on any atom is -0.330 e. The monoisotopic (exact) mass is 167 g/mol. The predicted molar refractivity (Wildman–Crippen MR) is 51.6 cm³/mol. The van der Waals surface area contributed by atoms with E-state index in [1.807, 2.05) is 0 Å². The third-order valence-corrected chi connectivity index (χ3v) is 2.53. The zero-order chi connectivity index (χ0) is 8.10. The highest BCUT2D eigenvalue weighted by Crippen LogP contribution is 2.19. The first-order valence-corrected chi connectivity index (χ1v) is 4.63. The summed E-state index contributed by atoms with van der Waals surface area (Å²) in [6, 6.07) is 4.20. The third kappa shape index (κ3) is 2.48. The van der Waals surface area contributed by atoms with E-state index in [9.17, 15) is 0 Å². The van der Waals surface area contributed by atoms with Gasteiger partial charge in [0.2, 0.25) is 0 Å². The summed E-state index contributed by atoms with van der Waals surface area (Å²) in [6.45, 7) is 2.87. The first-order chi connectivity index (χ1) is 5.34. The highest BCUT2D eigenvalue weighted by molar-refractivity contribution is 7.11. The number of hydrogen-bond acceptors (Lipinski definition) is 2. The molecule has 60 valence electrons. The van der Waals surface area contributed by atoms with Gasteiger partial charge in [0.05, 0.1) is 0 Å². The SMILES string of the molecule is C/C(=C/CCN)c1cccs1. The Labute approximate surface area is 71.5 Å². The van der Waals surface area contributed by atoms with E-state index in [-0.39, 0.29) is 0 Å². The normalized spacial score (nSPS) is 12.0. The predicted octanol–water partition coefficient (Wildman–Crippen LogP) is 2.50. The zero-order valence-electron chi connectivity index (χ0n) is 6.71. The van der Waals surface area contributed by atoms with Crippen LogP contribution in [-0.4, -0.2) is 6.54 Å². The van der Waals surface area contributed by atoms with Crippen LogP contribution in [0.2, 0.25) is 0 Å². The van der Waals surface area contributed by atoms with E-state index in [4.69, 9.17) is 5.73 Å². The van der Waals surface area contributed by atoms with E-state index in [0.29, 0.717) is 0 Å². The summed E-state index contributed by atoms with van der Waals surface area (Å²) in [7, 11) is 0. The van der Waals surface area contributed by atoms with Crippen molar-refractivity contribution in [3.63, 3.8) is 0 Å². The van der Waals surface area contributed by atoms with Crippen LogP contribution in [0.4, 0.5) is 0 Å². The fourth-order valence-corrected chi connectivity index (χ4v) is 1.63. The zero-order valence-corrected chi connectivity index (χ0v) is 7.53. The molecule has 0 aliphatic carbocycles. The third-order valence-electron chi connectivity index (χ3n) is 1.53. The van der Waals surface area contributed by atoms with Crippen molar-refractivity contribution >= 4 is 16.9 Å². The van der Waals surface area contributed by atoms with Gasteiger partial charge in [-0.3, -0.25) is 0 Å². The topological polar surface area (TPSA) is 26.0 Å². The molecule has 0 aliphatic rings. The van der Waals surface area contributed by atoms with Crippen molar-refractivity contribution in [1.82, 2.24) is 0 Å². The molecule has 0 aromatic carbocycles. The van der Waals surface area contributed by atoms with Crippen LogP contribution >= 0.6 is 11.3 Å². The molecule has 0 fully saturated rings. The Balaban J connectivity index is 2.62. The van der Waals surface area contributed by atoms with Crippen molar-refractivity contribution in [2.24, 2.45) is 5.73 Å². The smallest absolute Gasteiger partial charge is 0.0296 e. The average molecular weight is 167 g/mol. The van der Waals surface area contributed by atoms with Crippen molar-refractivity contribution in [2.45, 2.75) is 13.3 Å². The van der Waals surface area contributed by atoms with Crippen LogP contribution in [0.25, 0.3) is 5.57 Å². The maximum atomic E-state index is 5.39. The summed E-state index contributed by atoms with van der Waals surface area (Å²) in [5.41, 5.74) is 6.73. The largest absolute Gasteiger partial charge is 0.330 e. The standard InChI is InChI=1S/C9H13NS/c1-8(4-2-6-10)9-5-3-7-11-9/h3-5,7H,2,6,10H2,1H3/b8-4-. The molecule has 1 heterocycles. The van der Waals surface area contributed by atoms with Gasteiger partial charge in [0.25, 0.3) is 0 Å². The number of nitrogens with two attached hydrogens (primary N) is 1. The quantitative estimate of drug-likeness (QED) is 0.735. The van der Waals surface area contributed by atoms with Crippen molar-refractivity contribution in [2.75, 3.05) is 6.54 Å². The van der Waals surface area contributed by atoms with Gasteiger partial charge < -0.3 is 5.73 Å². The second kappa shape index (κ2) is 4.31. The van der Waals surface area contributed by atoms with Crippen LogP contribution in [0.5, 0.6) is 0 Å². The lowest BCUT2D eigenvalue weighted by molar-refractivity contribution is 1.01. The van der Waals surface area contributed by atoms with Crippen molar-refractivity contribution in [3.05, 3.63) is 28.5 Å². The molecule has 1 aromatic heterocycles. The van der Waals surface area contributed by atoms with Crippen LogP contribution in [0.3, 0.4) is 0 Å². The second-order valence-electron chi connectivity index (χ2n) is 2.44. The summed E-state index contributed by atoms with van der Waals surface area (Å²) in [4.78, 5) is 1.35. The van der Waals surface area contributed by atoms with E-state index >= 15 is 0 Å². The Morgan fingerprint density at radius 1 is 1.73 bits per heavy atom. The first kappa shape index (κ1) is 8.50. The van der Waals surface area contributed by atoms with Crippen LogP contribution < -0.4 is 5.73 Å². The number of thiophene rings is 1. The van der Waals surface area contributed by atoms with Gasteiger partial charge in [-0.25, -0.2) is 0 Å². The van der Waals surface area contributed by atoms with E-state index < -0.39 is 0 Å². The molecule has 0 atom stereocenters. The molecular weight excluding hydrogens is 154 g/mol. The first-order valence-electron chi connectivity index (χ1n) is 3.75. The Morgan fingerprint density at radius 2 is 2.55 bits per heavy atom. The van der Waals surface area contributed by atoms with Gasteiger partial charge in [0.1, 0.15) is 0 Å². The minimum atomic E-state index is 0.739. The molecule has 2 N–H and O–H groups in total. The number of hydrogen-bond donors (Lipinski definition) is 1. The summed E-state index contributed by atoms with van der Waals surface area (Å²) in [6.07, 6.45) is 3.16. The Kier molecular flexibility index (Phi) is 3.33. The summed E-state index contributed by atoms with van der Waals surface area (Å²) < 4.78 is 0. The molecule has 11 heavy (non-hydrogen) atoms. The van der Waals surface area contributed by atoms with Gasteiger partial charge in [-0.1, -0.05) is 12.1 Å². The summed E-state index contributed by atoms with van der Waals surface area (Å²) >= 11 is 1.77. The summed E-state index contributed by atoms with van der Waals surface area (Å²) in [5.74, 6) is 0. The fourth-order valence-electron chi connectivity index (χ4n) is 0.903. The van der Waals surface area contributed by atoms with E-state index in [1.165, 1.54) is 10.5 Å². The van der Waals surface area contributed by atoms with Gasteiger partial charge in [0, 0.05) is 4.88 Å². The van der Waals surface area contributed by atoms with Gasteiger partial charge in [-0.2, -0.15) is 0 Å². The molecule has 2 heteroatoms. The molecule has 0 spiro atoms. The van der Waals surface area contributed by atoms with Crippen molar-refractivity contribution in [3.8, 4) is 0 Å². The number of rotatable bonds is 3. The van der Waals surface area contributed by atoms with Gasteiger partial charge in [0.15, 0.2) is 0 Å². The molecule has 1 aromatic rings. The molecule has 0 amide bonds. The Hall–Kier alpha value is -0.600. The Bertz CT molecular complexity index is 224. The number of allylic oxidation sites excluding steroid dienone is 1. The lowest BCUT2D eigenvalue weighted by atomic mass is 10.2. The van der Waals surface area contributed by atoms with Crippen LogP contribution in [0, 0.1) is 0 Å². The molecule has 0 radical (unpaired) electrons. The van der Waals surface area contributed by atoms with Gasteiger partial charge >= 0.3 is 0 Å². The minimum absolute atomic E-state index is 0.739. The fraction of sp³-hybridized carbons (Fsp3) is 0.333. The highest BCUT2D eigenvalue weighted by Gasteiger charge is 1.93. The molecule has 0 saturated heterocycles. The van der Waals surface area contributed by atoms with E-state index in [2.05, 4.69) is 30.5 Å². The Morgan fingerprint density at radius 3 is 3.09 bits per heavy atom. The van der Waals surface area contributed by atoms with E-state index in [0.717, 1.165) is 13.0 Å². The molecule has 1 rings (SSSR count).